The topological polar surface area (TPSA) is 63.8 Å². The number of hydrogen-bond donors (Lipinski definition) is 2. The summed E-state index contributed by atoms with van der Waals surface area (Å²) in [6.07, 6.45) is 4.99. The van der Waals surface area contributed by atoms with Gasteiger partial charge in [0, 0.05) is 11.8 Å². The molecule has 1 aromatic heterocycles. The average molecular weight is 266 g/mol. The molecule has 0 aliphatic carbocycles. The van der Waals surface area contributed by atoms with Crippen LogP contribution in [0, 0.1) is 10.8 Å². The van der Waals surface area contributed by atoms with Crippen LogP contribution in [0.15, 0.2) is 48.7 Å². The predicted molar refractivity (Wildman–Crippen MR) is 82.1 cm³/mol. The summed E-state index contributed by atoms with van der Waals surface area (Å²) in [6.45, 7) is 2.04. The number of aromatic nitrogens is 1. The fourth-order valence-electron chi connectivity index (χ4n) is 2.22. The maximum atomic E-state index is 7.35. The van der Waals surface area contributed by atoms with E-state index in [1.165, 1.54) is 12.7 Å². The third kappa shape index (κ3) is 2.91. The first-order valence-corrected chi connectivity index (χ1v) is 6.60. The first kappa shape index (κ1) is 13.9. The van der Waals surface area contributed by atoms with Crippen molar-refractivity contribution in [2.45, 2.75) is 19.4 Å². The van der Waals surface area contributed by atoms with Crippen LogP contribution in [0.25, 0.3) is 11.3 Å². The van der Waals surface area contributed by atoms with Crippen LogP contribution in [0.1, 0.15) is 24.9 Å². The molecule has 102 valence electrons. The van der Waals surface area contributed by atoms with Gasteiger partial charge in [-0.15, -0.1) is 0 Å². The summed E-state index contributed by atoms with van der Waals surface area (Å²) >= 11 is 0. The Balaban J connectivity index is 2.27. The van der Waals surface area contributed by atoms with E-state index in [-0.39, 0.29) is 6.04 Å². The standard InChI is InChI=1S/C16H18N4/c1-2-16(20(11-17)12-18)14-8-9-15(19-10-14)13-6-4-3-5-7-13/h3-12,16-18H,2H2,1H3. The van der Waals surface area contributed by atoms with Crippen LogP contribution in [0.4, 0.5) is 0 Å². The molecule has 1 atom stereocenters. The molecule has 1 unspecified atom stereocenters. The van der Waals surface area contributed by atoms with Gasteiger partial charge in [-0.1, -0.05) is 43.3 Å². The Labute approximate surface area is 119 Å². The molecule has 0 aliphatic heterocycles. The molecule has 1 aromatic carbocycles. The summed E-state index contributed by atoms with van der Waals surface area (Å²) < 4.78 is 0. The quantitative estimate of drug-likeness (QED) is 0.618. The second-order valence-electron chi connectivity index (χ2n) is 4.47. The van der Waals surface area contributed by atoms with Gasteiger partial charge in [0.1, 0.15) is 0 Å². The molecule has 0 spiro atoms. The molecule has 4 heteroatoms. The van der Waals surface area contributed by atoms with Crippen LogP contribution in [-0.4, -0.2) is 22.6 Å². The number of nitrogens with zero attached hydrogens (tertiary/aromatic N) is 2. The van der Waals surface area contributed by atoms with Crippen LogP contribution < -0.4 is 0 Å². The average Bonchev–Trinajstić information content (AvgIpc) is 2.53. The van der Waals surface area contributed by atoms with Crippen LogP contribution in [0.5, 0.6) is 0 Å². The molecule has 0 saturated heterocycles. The summed E-state index contributed by atoms with van der Waals surface area (Å²) in [5.74, 6) is 0. The minimum absolute atomic E-state index is 0.0117. The van der Waals surface area contributed by atoms with Crippen LogP contribution >= 0.6 is 0 Å². The van der Waals surface area contributed by atoms with Crippen molar-refractivity contribution in [1.82, 2.24) is 9.88 Å². The molecule has 0 fully saturated rings. The van der Waals surface area contributed by atoms with Gasteiger partial charge in [0.2, 0.25) is 0 Å². The second-order valence-corrected chi connectivity index (χ2v) is 4.47. The molecule has 2 rings (SSSR count). The fourth-order valence-corrected chi connectivity index (χ4v) is 2.22. The van der Waals surface area contributed by atoms with Gasteiger partial charge in [0.05, 0.1) is 24.4 Å². The van der Waals surface area contributed by atoms with E-state index in [9.17, 15) is 0 Å². The van der Waals surface area contributed by atoms with Crippen molar-refractivity contribution in [3.8, 4) is 11.3 Å². The SMILES string of the molecule is CCC(c1ccc(-c2ccccc2)nc1)N(C=N)C=N. The number of benzene rings is 1. The van der Waals surface area contributed by atoms with E-state index in [1.807, 2.05) is 55.6 Å². The van der Waals surface area contributed by atoms with E-state index in [4.69, 9.17) is 10.8 Å². The van der Waals surface area contributed by atoms with Gasteiger partial charge < -0.3 is 4.90 Å². The number of nitrogens with one attached hydrogen (secondary N) is 2. The first-order valence-electron chi connectivity index (χ1n) is 6.60. The van der Waals surface area contributed by atoms with E-state index in [1.54, 1.807) is 4.90 Å². The van der Waals surface area contributed by atoms with Gasteiger partial charge in [-0.05, 0) is 18.1 Å². The summed E-state index contributed by atoms with van der Waals surface area (Å²) in [5.41, 5.74) is 3.03. The van der Waals surface area contributed by atoms with Gasteiger partial charge in [0.15, 0.2) is 0 Å². The molecule has 1 heterocycles. The van der Waals surface area contributed by atoms with Gasteiger partial charge in [0.25, 0.3) is 0 Å². The van der Waals surface area contributed by atoms with E-state index >= 15 is 0 Å². The van der Waals surface area contributed by atoms with Crippen LogP contribution in [0.2, 0.25) is 0 Å². The fraction of sp³-hybridized carbons (Fsp3) is 0.188. The van der Waals surface area contributed by atoms with E-state index in [0.29, 0.717) is 0 Å². The van der Waals surface area contributed by atoms with Gasteiger partial charge in [-0.25, -0.2) is 0 Å². The maximum Gasteiger partial charge on any atom is 0.0874 e. The highest BCUT2D eigenvalue weighted by molar-refractivity contribution is 5.72. The van der Waals surface area contributed by atoms with Crippen molar-refractivity contribution in [3.63, 3.8) is 0 Å². The minimum atomic E-state index is -0.0117. The Bertz CT molecular complexity index is 555. The van der Waals surface area contributed by atoms with Crippen molar-refractivity contribution in [2.24, 2.45) is 0 Å². The van der Waals surface area contributed by atoms with Crippen molar-refractivity contribution in [1.29, 1.82) is 10.8 Å². The number of hydrogen-bond acceptors (Lipinski definition) is 3. The zero-order chi connectivity index (χ0) is 14.4. The molecular formula is C16H18N4. The van der Waals surface area contributed by atoms with Crippen LogP contribution in [0.3, 0.4) is 0 Å². The van der Waals surface area contributed by atoms with Crippen molar-refractivity contribution in [2.75, 3.05) is 0 Å². The minimum Gasteiger partial charge on any atom is -0.317 e. The summed E-state index contributed by atoms with van der Waals surface area (Å²) in [5, 5.41) is 14.7. The lowest BCUT2D eigenvalue weighted by Crippen LogP contribution is -2.25. The lowest BCUT2D eigenvalue weighted by molar-refractivity contribution is 0.451. The van der Waals surface area contributed by atoms with E-state index in [0.717, 1.165) is 23.2 Å². The monoisotopic (exact) mass is 266 g/mol. The van der Waals surface area contributed by atoms with E-state index < -0.39 is 0 Å². The largest absolute Gasteiger partial charge is 0.317 e. The lowest BCUT2D eigenvalue weighted by Gasteiger charge is -2.24. The Morgan fingerprint density at radius 2 is 1.80 bits per heavy atom. The molecule has 0 amide bonds. The predicted octanol–water partition coefficient (Wildman–Crippen LogP) is 3.72. The summed E-state index contributed by atoms with van der Waals surface area (Å²) in [6, 6.07) is 14.0. The number of pyridine rings is 1. The highest BCUT2D eigenvalue weighted by Gasteiger charge is 2.14. The molecule has 2 N–H and O–H groups in total. The molecule has 0 aliphatic rings. The molecule has 0 bridgehead atoms. The van der Waals surface area contributed by atoms with Gasteiger partial charge in [-0.3, -0.25) is 15.8 Å². The Morgan fingerprint density at radius 1 is 1.10 bits per heavy atom. The lowest BCUT2D eigenvalue weighted by atomic mass is 10.0. The van der Waals surface area contributed by atoms with Crippen molar-refractivity contribution < 1.29 is 0 Å². The van der Waals surface area contributed by atoms with Gasteiger partial charge in [-0.2, -0.15) is 0 Å². The summed E-state index contributed by atoms with van der Waals surface area (Å²) in [4.78, 5) is 6.06. The Hall–Kier alpha value is -2.49. The van der Waals surface area contributed by atoms with E-state index in [2.05, 4.69) is 4.98 Å². The second kappa shape index (κ2) is 6.61. The van der Waals surface area contributed by atoms with Gasteiger partial charge >= 0.3 is 0 Å². The first-order chi connectivity index (χ1) is 9.80. The smallest absolute Gasteiger partial charge is 0.0874 e. The molecule has 4 nitrogen and oxygen atoms in total. The Kier molecular flexibility index (Phi) is 4.60. The number of rotatable bonds is 6. The van der Waals surface area contributed by atoms with Crippen molar-refractivity contribution >= 4 is 12.7 Å². The normalized spacial score (nSPS) is 11.7. The summed E-state index contributed by atoms with van der Waals surface area (Å²) in [7, 11) is 0. The highest BCUT2D eigenvalue weighted by Crippen LogP contribution is 2.23. The molecular weight excluding hydrogens is 248 g/mol. The van der Waals surface area contributed by atoms with Crippen molar-refractivity contribution in [3.05, 3.63) is 54.2 Å². The zero-order valence-electron chi connectivity index (χ0n) is 11.5. The molecule has 20 heavy (non-hydrogen) atoms. The highest BCUT2D eigenvalue weighted by atomic mass is 15.2. The molecule has 0 radical (unpaired) electrons. The van der Waals surface area contributed by atoms with Crippen LogP contribution in [-0.2, 0) is 0 Å². The third-order valence-electron chi connectivity index (χ3n) is 3.29. The Morgan fingerprint density at radius 3 is 2.30 bits per heavy atom. The molecule has 0 saturated carbocycles. The molecule has 2 aromatic rings. The third-order valence-corrected chi connectivity index (χ3v) is 3.29. The maximum absolute atomic E-state index is 7.35. The zero-order valence-corrected chi connectivity index (χ0v) is 11.5.